The molecule has 4 nitrogen and oxygen atoms in total. The lowest BCUT2D eigenvalue weighted by molar-refractivity contribution is -0.144. The minimum Gasteiger partial charge on any atom is -0.490 e. The predicted octanol–water partition coefficient (Wildman–Crippen LogP) is 3.69. The topological polar surface area (TPSA) is 44.8 Å². The summed E-state index contributed by atoms with van der Waals surface area (Å²) in [7, 11) is 0. The van der Waals surface area contributed by atoms with Crippen molar-refractivity contribution in [2.24, 2.45) is 0 Å². The van der Waals surface area contributed by atoms with Crippen LogP contribution in [-0.2, 0) is 22.6 Å². The van der Waals surface area contributed by atoms with Crippen LogP contribution in [0.3, 0.4) is 0 Å². The fourth-order valence-corrected chi connectivity index (χ4v) is 2.42. The highest BCUT2D eigenvalue weighted by Crippen LogP contribution is 2.17. The van der Waals surface area contributed by atoms with E-state index in [1.807, 2.05) is 60.7 Å². The van der Waals surface area contributed by atoms with Crippen molar-refractivity contribution in [2.75, 3.05) is 13.2 Å². The molecule has 1 aliphatic rings. The molecular weight excluding hydrogens is 304 g/mol. The van der Waals surface area contributed by atoms with Crippen molar-refractivity contribution in [3.8, 4) is 11.5 Å². The molecule has 1 heterocycles. The van der Waals surface area contributed by atoms with Gasteiger partial charge in [0.25, 0.3) is 0 Å². The van der Waals surface area contributed by atoms with Gasteiger partial charge < -0.3 is 14.2 Å². The van der Waals surface area contributed by atoms with Crippen molar-refractivity contribution in [1.82, 2.24) is 0 Å². The summed E-state index contributed by atoms with van der Waals surface area (Å²) in [5.41, 5.74) is 1.97. The number of rotatable bonds is 0. The lowest BCUT2D eigenvalue weighted by Gasteiger charge is -2.08. The monoisotopic (exact) mass is 324 g/mol. The molecule has 0 aliphatic carbocycles. The van der Waals surface area contributed by atoms with Gasteiger partial charge in [-0.15, -0.1) is 0 Å². The number of cyclic esters (lactones) is 1. The van der Waals surface area contributed by atoms with Gasteiger partial charge in [0.1, 0.15) is 31.3 Å². The zero-order chi connectivity index (χ0) is 16.6. The Bertz CT molecular complexity index is 662. The second-order valence-electron chi connectivity index (χ2n) is 5.55. The van der Waals surface area contributed by atoms with Gasteiger partial charge in [0, 0.05) is 6.42 Å². The Morgan fingerprint density at radius 2 is 1.33 bits per heavy atom. The van der Waals surface area contributed by atoms with Crippen LogP contribution in [0.1, 0.15) is 17.5 Å². The molecule has 0 atom stereocenters. The lowest BCUT2D eigenvalue weighted by Crippen LogP contribution is -2.06. The number of hydrogen-bond acceptors (Lipinski definition) is 4. The Labute approximate surface area is 141 Å². The van der Waals surface area contributed by atoms with Gasteiger partial charge in [-0.2, -0.15) is 0 Å². The van der Waals surface area contributed by atoms with Crippen molar-refractivity contribution < 1.29 is 19.0 Å². The van der Waals surface area contributed by atoms with Crippen LogP contribution in [0.25, 0.3) is 0 Å². The highest BCUT2D eigenvalue weighted by atomic mass is 16.5. The van der Waals surface area contributed by atoms with Gasteiger partial charge in [0.05, 0.1) is 0 Å². The average Bonchev–Trinajstić information content (AvgIpc) is 2.61. The maximum atomic E-state index is 11.9. The van der Waals surface area contributed by atoms with E-state index in [-0.39, 0.29) is 12.6 Å². The molecule has 4 heteroatoms. The highest BCUT2D eigenvalue weighted by molar-refractivity contribution is 5.69. The third-order valence-corrected chi connectivity index (χ3v) is 3.67. The van der Waals surface area contributed by atoms with Gasteiger partial charge in [-0.25, -0.2) is 0 Å². The first-order chi connectivity index (χ1) is 11.8. The van der Waals surface area contributed by atoms with Crippen molar-refractivity contribution in [1.29, 1.82) is 0 Å². The number of aryl methyl sites for hydroxylation is 1. The van der Waals surface area contributed by atoms with E-state index in [2.05, 4.69) is 0 Å². The zero-order valence-electron chi connectivity index (χ0n) is 13.4. The SMILES string of the molecule is O=C1CCc2cccc(c2)OC/C=C/COc2cccc(c2)CO1. The molecule has 0 radical (unpaired) electrons. The number of fused-ring (bicyclic) bond motifs is 4. The number of carbonyl (C=O) groups excluding carboxylic acids is 1. The van der Waals surface area contributed by atoms with Crippen LogP contribution in [-0.4, -0.2) is 19.2 Å². The van der Waals surface area contributed by atoms with Gasteiger partial charge in [0.2, 0.25) is 0 Å². The van der Waals surface area contributed by atoms with Crippen LogP contribution < -0.4 is 9.47 Å². The largest absolute Gasteiger partial charge is 0.490 e. The summed E-state index contributed by atoms with van der Waals surface area (Å²) >= 11 is 0. The number of esters is 1. The number of carbonyl (C=O) groups is 1. The second-order valence-corrected chi connectivity index (χ2v) is 5.55. The average molecular weight is 324 g/mol. The van der Waals surface area contributed by atoms with E-state index in [0.717, 1.165) is 22.6 Å². The smallest absolute Gasteiger partial charge is 0.306 e. The first-order valence-electron chi connectivity index (χ1n) is 8.04. The maximum Gasteiger partial charge on any atom is 0.306 e. The molecule has 0 fully saturated rings. The first-order valence-corrected chi connectivity index (χ1v) is 8.04. The van der Waals surface area contributed by atoms with Gasteiger partial charge in [-0.1, -0.05) is 24.3 Å². The van der Waals surface area contributed by atoms with Crippen molar-refractivity contribution in [3.63, 3.8) is 0 Å². The van der Waals surface area contributed by atoms with E-state index in [9.17, 15) is 4.79 Å². The molecule has 0 spiro atoms. The molecule has 2 aromatic rings. The third-order valence-electron chi connectivity index (χ3n) is 3.67. The zero-order valence-corrected chi connectivity index (χ0v) is 13.4. The van der Waals surface area contributed by atoms with Gasteiger partial charge in [0.15, 0.2) is 0 Å². The van der Waals surface area contributed by atoms with Crippen LogP contribution in [0.5, 0.6) is 11.5 Å². The standard InChI is InChI=1S/C20H20O4/c21-20-10-9-16-5-3-7-18(13-16)22-11-1-2-12-23-19-8-4-6-17(14-19)15-24-20/h1-8,13-14H,9-12,15H2/b2-1+. The van der Waals surface area contributed by atoms with Gasteiger partial charge in [-0.3, -0.25) is 4.79 Å². The fourth-order valence-electron chi connectivity index (χ4n) is 2.42. The summed E-state index contributed by atoms with van der Waals surface area (Å²) in [6.45, 7) is 1.20. The summed E-state index contributed by atoms with van der Waals surface area (Å²) in [4.78, 5) is 11.9. The molecule has 0 aromatic heterocycles. The fraction of sp³-hybridized carbons (Fsp3) is 0.250. The predicted molar refractivity (Wildman–Crippen MR) is 91.1 cm³/mol. The van der Waals surface area contributed by atoms with E-state index in [0.29, 0.717) is 26.1 Å². The minimum absolute atomic E-state index is 0.210. The van der Waals surface area contributed by atoms with Crippen LogP contribution in [0.4, 0.5) is 0 Å². The lowest BCUT2D eigenvalue weighted by atomic mass is 10.1. The van der Waals surface area contributed by atoms with Crippen molar-refractivity contribution >= 4 is 5.97 Å². The molecule has 2 aromatic carbocycles. The third kappa shape index (κ3) is 4.88. The summed E-state index contributed by atoms with van der Waals surface area (Å²) in [6.07, 6.45) is 4.84. The minimum atomic E-state index is -0.210. The Morgan fingerprint density at radius 1 is 0.708 bits per heavy atom. The van der Waals surface area contributed by atoms with E-state index < -0.39 is 0 Å². The maximum absolute atomic E-state index is 11.9. The van der Waals surface area contributed by atoms with Crippen LogP contribution in [0.15, 0.2) is 60.7 Å². The van der Waals surface area contributed by atoms with Crippen molar-refractivity contribution in [3.05, 3.63) is 71.8 Å². The Kier molecular flexibility index (Phi) is 5.51. The van der Waals surface area contributed by atoms with E-state index in [1.54, 1.807) is 0 Å². The van der Waals surface area contributed by atoms with E-state index >= 15 is 0 Å². The Hall–Kier alpha value is -2.75. The molecule has 0 unspecified atom stereocenters. The van der Waals surface area contributed by atoms with Crippen LogP contribution in [0.2, 0.25) is 0 Å². The molecule has 0 N–H and O–H groups in total. The van der Waals surface area contributed by atoms with E-state index in [1.165, 1.54) is 0 Å². The Balaban J connectivity index is 1.72. The molecule has 4 bridgehead atoms. The number of ether oxygens (including phenoxy) is 3. The van der Waals surface area contributed by atoms with Gasteiger partial charge >= 0.3 is 5.97 Å². The van der Waals surface area contributed by atoms with Crippen LogP contribution in [0, 0.1) is 0 Å². The highest BCUT2D eigenvalue weighted by Gasteiger charge is 2.06. The summed E-state index contributed by atoms with van der Waals surface area (Å²) < 4.78 is 16.7. The van der Waals surface area contributed by atoms with Gasteiger partial charge in [-0.05, 0) is 54.0 Å². The molecule has 124 valence electrons. The Morgan fingerprint density at radius 3 is 2.04 bits per heavy atom. The van der Waals surface area contributed by atoms with Crippen molar-refractivity contribution in [2.45, 2.75) is 19.4 Å². The normalized spacial score (nSPS) is 16.9. The summed E-state index contributed by atoms with van der Waals surface area (Å²) in [5, 5.41) is 0. The second kappa shape index (κ2) is 8.20. The van der Waals surface area contributed by atoms with E-state index in [4.69, 9.17) is 14.2 Å². The van der Waals surface area contributed by atoms with Crippen LogP contribution >= 0.6 is 0 Å². The number of benzene rings is 2. The number of hydrogen-bond donors (Lipinski definition) is 0. The quantitative estimate of drug-likeness (QED) is 0.548. The molecular formula is C20H20O4. The first kappa shape index (κ1) is 16.1. The summed E-state index contributed by atoms with van der Waals surface area (Å²) in [6, 6.07) is 15.4. The molecule has 0 saturated carbocycles. The molecule has 0 saturated heterocycles. The summed E-state index contributed by atoms with van der Waals surface area (Å²) in [5.74, 6) is 1.34. The molecule has 0 amide bonds. The molecule has 1 aliphatic heterocycles. The molecule has 3 rings (SSSR count). The molecule has 24 heavy (non-hydrogen) atoms.